The second kappa shape index (κ2) is 8.06. The molecule has 0 aromatic carbocycles. The van der Waals surface area contributed by atoms with Gasteiger partial charge in [0, 0.05) is 30.8 Å². The molecule has 0 aliphatic heterocycles. The fourth-order valence-corrected chi connectivity index (χ4v) is 3.69. The molecule has 2 rings (SSSR count). The molecule has 6 heteroatoms. The molecule has 1 aromatic heterocycles. The van der Waals surface area contributed by atoms with Crippen molar-refractivity contribution in [2.24, 2.45) is 13.0 Å². The molecule has 0 N–H and O–H groups in total. The first kappa shape index (κ1) is 20.2. The predicted octanol–water partition coefficient (Wildman–Crippen LogP) is 3.04. The van der Waals surface area contributed by atoms with E-state index in [0.29, 0.717) is 23.4 Å². The minimum Gasteiger partial charge on any atom is -0.461 e. The smallest absolute Gasteiger partial charge is 0.355 e. The van der Waals surface area contributed by atoms with Gasteiger partial charge in [-0.1, -0.05) is 6.42 Å². The van der Waals surface area contributed by atoms with Gasteiger partial charge in [0.1, 0.15) is 5.69 Å². The van der Waals surface area contributed by atoms with Gasteiger partial charge in [-0.05, 0) is 53.0 Å². The van der Waals surface area contributed by atoms with E-state index in [1.54, 1.807) is 37.3 Å². The molecule has 0 unspecified atom stereocenters. The molecule has 0 bridgehead atoms. The van der Waals surface area contributed by atoms with E-state index in [1.165, 1.54) is 0 Å². The van der Waals surface area contributed by atoms with Crippen LogP contribution >= 0.6 is 0 Å². The molecular weight excluding hydrogens is 332 g/mol. The number of ether oxygens (including phenoxy) is 1. The highest BCUT2D eigenvalue weighted by Gasteiger charge is 2.35. The topological polar surface area (TPSA) is 68.6 Å². The van der Waals surface area contributed by atoms with Gasteiger partial charge in [0.25, 0.3) is 0 Å². The maximum atomic E-state index is 13.2. The molecule has 1 amide bonds. The Morgan fingerprint density at radius 1 is 1.23 bits per heavy atom. The number of Topliss-reactive ketones (excluding diaryl/α,β-unsaturated/α-hetero) is 1. The number of likely N-dealkylation sites (N-methyl/N-ethyl adjacent to an activating group) is 1. The summed E-state index contributed by atoms with van der Waals surface area (Å²) in [7, 11) is 1.76. The van der Waals surface area contributed by atoms with Gasteiger partial charge in [0.2, 0.25) is 5.91 Å². The summed E-state index contributed by atoms with van der Waals surface area (Å²) in [6.07, 6.45) is 2.90. The maximum absolute atomic E-state index is 13.2. The third-order valence-electron chi connectivity index (χ3n) is 5.57. The first-order valence-electron chi connectivity index (χ1n) is 9.43. The highest BCUT2D eigenvalue weighted by atomic mass is 16.5. The lowest BCUT2D eigenvalue weighted by Crippen LogP contribution is -2.47. The molecule has 0 spiro atoms. The Hall–Kier alpha value is -2.11. The summed E-state index contributed by atoms with van der Waals surface area (Å²) in [6.45, 7) is 9.79. The van der Waals surface area contributed by atoms with E-state index in [-0.39, 0.29) is 24.2 Å². The summed E-state index contributed by atoms with van der Waals surface area (Å²) in [5, 5.41) is 0. The van der Waals surface area contributed by atoms with Crippen LogP contribution in [0.1, 0.15) is 72.1 Å². The highest BCUT2D eigenvalue weighted by Crippen LogP contribution is 2.30. The minimum absolute atomic E-state index is 0.0539. The van der Waals surface area contributed by atoms with Crippen LogP contribution in [0, 0.1) is 19.8 Å². The number of aromatic nitrogens is 1. The van der Waals surface area contributed by atoms with E-state index in [4.69, 9.17) is 4.74 Å². The normalized spacial score (nSPS) is 15.3. The SMILES string of the molecule is CCOC(=O)c1c(C)c(C(=O)[C@@H](C)N(CC)C(=O)C2CCC2)c(C)n1C. The summed E-state index contributed by atoms with van der Waals surface area (Å²) in [6, 6.07) is -0.553. The molecule has 144 valence electrons. The van der Waals surface area contributed by atoms with Crippen molar-refractivity contribution in [3.8, 4) is 0 Å². The number of carbonyl (C=O) groups is 3. The van der Waals surface area contributed by atoms with E-state index in [9.17, 15) is 14.4 Å². The summed E-state index contributed by atoms with van der Waals surface area (Å²) in [5.41, 5.74) is 2.25. The van der Waals surface area contributed by atoms with E-state index in [2.05, 4.69) is 0 Å². The number of amides is 1. The minimum atomic E-state index is -0.553. The summed E-state index contributed by atoms with van der Waals surface area (Å²) in [4.78, 5) is 39.8. The van der Waals surface area contributed by atoms with Gasteiger partial charge in [-0.3, -0.25) is 9.59 Å². The van der Waals surface area contributed by atoms with Crippen molar-refractivity contribution >= 4 is 17.7 Å². The maximum Gasteiger partial charge on any atom is 0.355 e. The van der Waals surface area contributed by atoms with Crippen molar-refractivity contribution in [1.29, 1.82) is 0 Å². The highest BCUT2D eigenvalue weighted by molar-refractivity contribution is 6.06. The summed E-state index contributed by atoms with van der Waals surface area (Å²) in [5.74, 6) is -0.435. The van der Waals surface area contributed by atoms with Crippen molar-refractivity contribution in [3.63, 3.8) is 0 Å². The average molecular weight is 362 g/mol. The lowest BCUT2D eigenvalue weighted by atomic mass is 9.84. The third-order valence-corrected chi connectivity index (χ3v) is 5.57. The second-order valence-corrected chi connectivity index (χ2v) is 7.01. The molecule has 1 fully saturated rings. The molecule has 6 nitrogen and oxygen atoms in total. The number of esters is 1. The predicted molar refractivity (Wildman–Crippen MR) is 99.4 cm³/mol. The van der Waals surface area contributed by atoms with Gasteiger partial charge < -0.3 is 14.2 Å². The zero-order chi connectivity index (χ0) is 19.6. The quantitative estimate of drug-likeness (QED) is 0.552. The summed E-state index contributed by atoms with van der Waals surface area (Å²) >= 11 is 0. The van der Waals surface area contributed by atoms with E-state index < -0.39 is 12.0 Å². The Balaban J connectivity index is 2.34. The van der Waals surface area contributed by atoms with Crippen LogP contribution in [0.4, 0.5) is 0 Å². The van der Waals surface area contributed by atoms with Crippen molar-refractivity contribution in [1.82, 2.24) is 9.47 Å². The van der Waals surface area contributed by atoms with Gasteiger partial charge in [0.05, 0.1) is 12.6 Å². The molecule has 1 saturated carbocycles. The molecule has 1 aliphatic carbocycles. The van der Waals surface area contributed by atoms with Crippen LogP contribution in [0.25, 0.3) is 0 Å². The summed E-state index contributed by atoms with van der Waals surface area (Å²) < 4.78 is 6.83. The zero-order valence-electron chi connectivity index (χ0n) is 16.7. The number of ketones is 1. The Labute approximate surface area is 155 Å². The molecular formula is C20H30N2O4. The molecule has 1 aliphatic rings. The number of rotatable bonds is 7. The van der Waals surface area contributed by atoms with Crippen LogP contribution in [0.3, 0.4) is 0 Å². The lowest BCUT2D eigenvalue weighted by Gasteiger charge is -2.34. The van der Waals surface area contributed by atoms with Crippen LogP contribution in [0.2, 0.25) is 0 Å². The van der Waals surface area contributed by atoms with Crippen molar-refractivity contribution < 1.29 is 19.1 Å². The Kier molecular flexibility index (Phi) is 6.26. The van der Waals surface area contributed by atoms with Crippen LogP contribution < -0.4 is 0 Å². The van der Waals surface area contributed by atoms with Gasteiger partial charge in [-0.2, -0.15) is 0 Å². The zero-order valence-corrected chi connectivity index (χ0v) is 16.7. The third kappa shape index (κ3) is 3.41. The number of nitrogens with zero attached hydrogens (tertiary/aromatic N) is 2. The van der Waals surface area contributed by atoms with Crippen molar-refractivity contribution in [2.75, 3.05) is 13.2 Å². The van der Waals surface area contributed by atoms with Crippen LogP contribution in [0.15, 0.2) is 0 Å². The monoisotopic (exact) mass is 362 g/mol. The Bertz CT molecular complexity index is 716. The molecule has 26 heavy (non-hydrogen) atoms. The molecule has 1 aromatic rings. The number of hydrogen-bond acceptors (Lipinski definition) is 4. The fraction of sp³-hybridized carbons (Fsp3) is 0.650. The van der Waals surface area contributed by atoms with Crippen LogP contribution in [0.5, 0.6) is 0 Å². The molecule has 1 heterocycles. The van der Waals surface area contributed by atoms with Crippen LogP contribution in [-0.4, -0.2) is 46.3 Å². The van der Waals surface area contributed by atoms with E-state index >= 15 is 0 Å². The second-order valence-electron chi connectivity index (χ2n) is 7.01. The van der Waals surface area contributed by atoms with Crippen molar-refractivity contribution in [2.45, 2.75) is 59.9 Å². The van der Waals surface area contributed by atoms with Gasteiger partial charge in [-0.25, -0.2) is 4.79 Å². The lowest BCUT2D eigenvalue weighted by molar-refractivity contribution is -0.139. The number of hydrogen-bond donors (Lipinski definition) is 0. The standard InChI is InChI=1S/C20H30N2O4/c1-7-22(19(24)15-10-9-11-15)14(5)18(23)16-12(3)17(20(25)26-8-2)21(6)13(16)4/h14-15H,7-11H2,1-6H3/t14-/m1/s1. The fourth-order valence-electron chi connectivity index (χ4n) is 3.69. The van der Waals surface area contributed by atoms with Crippen molar-refractivity contribution in [3.05, 3.63) is 22.5 Å². The average Bonchev–Trinajstić information content (AvgIpc) is 2.75. The molecule has 0 saturated heterocycles. The van der Waals surface area contributed by atoms with Crippen LogP contribution in [-0.2, 0) is 16.6 Å². The first-order chi connectivity index (χ1) is 12.3. The largest absolute Gasteiger partial charge is 0.461 e. The first-order valence-corrected chi connectivity index (χ1v) is 9.43. The van der Waals surface area contributed by atoms with Gasteiger partial charge in [0.15, 0.2) is 5.78 Å². The Morgan fingerprint density at radius 2 is 1.85 bits per heavy atom. The van der Waals surface area contributed by atoms with Gasteiger partial charge in [-0.15, -0.1) is 0 Å². The molecule has 0 radical (unpaired) electrons. The van der Waals surface area contributed by atoms with E-state index in [0.717, 1.165) is 25.0 Å². The van der Waals surface area contributed by atoms with Gasteiger partial charge >= 0.3 is 5.97 Å². The number of carbonyl (C=O) groups excluding carboxylic acids is 3. The molecule has 1 atom stereocenters. The van der Waals surface area contributed by atoms with E-state index in [1.807, 2.05) is 13.8 Å². The Morgan fingerprint density at radius 3 is 2.31 bits per heavy atom.